The molecule has 0 amide bonds. The summed E-state index contributed by atoms with van der Waals surface area (Å²) in [5, 5.41) is 4.38. The van der Waals surface area contributed by atoms with Gasteiger partial charge in [0.05, 0.1) is 17.6 Å². The Labute approximate surface area is 112 Å². The zero-order chi connectivity index (χ0) is 14.0. The summed E-state index contributed by atoms with van der Waals surface area (Å²) >= 11 is 1.05. The number of rotatable bonds is 3. The third-order valence-corrected chi connectivity index (χ3v) is 3.47. The van der Waals surface area contributed by atoms with Gasteiger partial charge in [-0.1, -0.05) is 0 Å². The summed E-state index contributed by atoms with van der Waals surface area (Å²) in [5.41, 5.74) is 5.74. The first-order valence-corrected chi connectivity index (χ1v) is 6.03. The number of methoxy groups -OCH3 is 1. The van der Waals surface area contributed by atoms with Gasteiger partial charge in [-0.3, -0.25) is 0 Å². The van der Waals surface area contributed by atoms with E-state index in [4.69, 9.17) is 5.73 Å². The van der Waals surface area contributed by atoms with Gasteiger partial charge in [0, 0.05) is 12.7 Å². The van der Waals surface area contributed by atoms with E-state index in [0.717, 1.165) is 17.8 Å². The van der Waals surface area contributed by atoms with Crippen LogP contribution >= 0.6 is 11.8 Å². The number of hydrogen-bond acceptors (Lipinski definition) is 6. The standard InChI is InChI=1S/C11H11FN4O2S/c1-16-11(14-5-15-16)19-9-3-6(10(17)18-2)8(13)4-7(9)12/h3-5H,13H2,1-2H3. The highest BCUT2D eigenvalue weighted by Crippen LogP contribution is 2.31. The van der Waals surface area contributed by atoms with E-state index >= 15 is 0 Å². The van der Waals surface area contributed by atoms with Crippen LogP contribution in [0.25, 0.3) is 0 Å². The first-order valence-electron chi connectivity index (χ1n) is 5.22. The van der Waals surface area contributed by atoms with Gasteiger partial charge in [0.1, 0.15) is 12.1 Å². The summed E-state index contributed by atoms with van der Waals surface area (Å²) in [6.45, 7) is 0. The molecule has 0 aliphatic heterocycles. The molecule has 2 aromatic rings. The maximum absolute atomic E-state index is 13.8. The Bertz CT molecular complexity index is 629. The van der Waals surface area contributed by atoms with E-state index in [1.807, 2.05) is 0 Å². The highest BCUT2D eigenvalue weighted by atomic mass is 32.2. The van der Waals surface area contributed by atoms with Crippen LogP contribution in [0.5, 0.6) is 0 Å². The van der Waals surface area contributed by atoms with E-state index in [2.05, 4.69) is 14.8 Å². The van der Waals surface area contributed by atoms with Crippen molar-refractivity contribution in [3.63, 3.8) is 0 Å². The second-order valence-corrected chi connectivity index (χ2v) is 4.64. The smallest absolute Gasteiger partial charge is 0.339 e. The number of esters is 1. The van der Waals surface area contributed by atoms with Crippen molar-refractivity contribution in [1.29, 1.82) is 0 Å². The second-order valence-electron chi connectivity index (χ2n) is 3.63. The Kier molecular flexibility index (Phi) is 3.70. The summed E-state index contributed by atoms with van der Waals surface area (Å²) in [6.07, 6.45) is 1.36. The summed E-state index contributed by atoms with van der Waals surface area (Å²) in [7, 11) is 2.92. The lowest BCUT2D eigenvalue weighted by molar-refractivity contribution is 0.0601. The number of carbonyl (C=O) groups excluding carboxylic acids is 1. The molecular weight excluding hydrogens is 271 g/mol. The number of nitrogens with zero attached hydrogens (tertiary/aromatic N) is 3. The molecule has 100 valence electrons. The fourth-order valence-corrected chi connectivity index (χ4v) is 2.22. The van der Waals surface area contributed by atoms with Crippen LogP contribution in [-0.2, 0) is 11.8 Å². The molecule has 1 aromatic carbocycles. The van der Waals surface area contributed by atoms with Crippen LogP contribution in [0.2, 0.25) is 0 Å². The number of nitrogens with two attached hydrogens (primary N) is 1. The number of carbonyl (C=O) groups is 1. The van der Waals surface area contributed by atoms with Crippen molar-refractivity contribution < 1.29 is 13.9 Å². The van der Waals surface area contributed by atoms with Crippen molar-refractivity contribution in [2.75, 3.05) is 12.8 Å². The molecule has 8 heteroatoms. The number of aryl methyl sites for hydroxylation is 1. The molecule has 0 aliphatic rings. The molecule has 0 bridgehead atoms. The fraction of sp³-hybridized carbons (Fsp3) is 0.182. The van der Waals surface area contributed by atoms with Crippen molar-refractivity contribution in [1.82, 2.24) is 14.8 Å². The van der Waals surface area contributed by atoms with E-state index in [0.29, 0.717) is 5.16 Å². The molecule has 0 radical (unpaired) electrons. The lowest BCUT2D eigenvalue weighted by Crippen LogP contribution is -2.06. The van der Waals surface area contributed by atoms with Crippen LogP contribution in [0.15, 0.2) is 28.5 Å². The lowest BCUT2D eigenvalue weighted by atomic mass is 10.2. The van der Waals surface area contributed by atoms with Gasteiger partial charge in [-0.15, -0.1) is 0 Å². The molecule has 0 atom stereocenters. The monoisotopic (exact) mass is 282 g/mol. The lowest BCUT2D eigenvalue weighted by Gasteiger charge is -2.08. The Balaban J connectivity index is 2.40. The number of nitrogen functional groups attached to an aromatic ring is 1. The minimum atomic E-state index is -0.614. The summed E-state index contributed by atoms with van der Waals surface area (Å²) in [6, 6.07) is 2.43. The van der Waals surface area contributed by atoms with E-state index in [1.165, 1.54) is 24.2 Å². The average molecular weight is 282 g/mol. The van der Waals surface area contributed by atoms with Gasteiger partial charge in [-0.25, -0.2) is 18.9 Å². The zero-order valence-electron chi connectivity index (χ0n) is 10.3. The molecule has 0 saturated carbocycles. The van der Waals surface area contributed by atoms with E-state index in [9.17, 15) is 9.18 Å². The molecule has 0 saturated heterocycles. The Morgan fingerprint density at radius 2 is 2.26 bits per heavy atom. The zero-order valence-corrected chi connectivity index (χ0v) is 11.1. The molecule has 6 nitrogen and oxygen atoms in total. The number of ether oxygens (including phenoxy) is 1. The SMILES string of the molecule is COC(=O)c1cc(Sc2ncnn2C)c(F)cc1N. The van der Waals surface area contributed by atoms with Crippen molar-refractivity contribution >= 4 is 23.4 Å². The van der Waals surface area contributed by atoms with Gasteiger partial charge in [-0.2, -0.15) is 5.10 Å². The number of aromatic nitrogens is 3. The Morgan fingerprint density at radius 1 is 1.53 bits per heavy atom. The van der Waals surface area contributed by atoms with Crippen LogP contribution < -0.4 is 5.73 Å². The molecule has 19 heavy (non-hydrogen) atoms. The Morgan fingerprint density at radius 3 is 2.84 bits per heavy atom. The minimum Gasteiger partial charge on any atom is -0.465 e. The van der Waals surface area contributed by atoms with E-state index in [-0.39, 0.29) is 16.1 Å². The normalized spacial score (nSPS) is 10.5. The molecule has 2 rings (SSSR count). The van der Waals surface area contributed by atoms with Crippen molar-refractivity contribution in [3.8, 4) is 0 Å². The maximum Gasteiger partial charge on any atom is 0.339 e. The van der Waals surface area contributed by atoms with Crippen LogP contribution in [0, 0.1) is 5.82 Å². The largest absolute Gasteiger partial charge is 0.465 e. The molecular formula is C11H11FN4O2S. The van der Waals surface area contributed by atoms with E-state index < -0.39 is 11.8 Å². The van der Waals surface area contributed by atoms with Gasteiger partial charge in [-0.05, 0) is 23.9 Å². The second kappa shape index (κ2) is 5.27. The molecule has 1 aromatic heterocycles. The molecule has 0 fully saturated rings. The van der Waals surface area contributed by atoms with Crippen molar-refractivity contribution in [3.05, 3.63) is 29.8 Å². The first kappa shape index (κ1) is 13.3. The van der Waals surface area contributed by atoms with Crippen LogP contribution in [0.1, 0.15) is 10.4 Å². The molecule has 0 unspecified atom stereocenters. The molecule has 1 heterocycles. The van der Waals surface area contributed by atoms with Crippen LogP contribution in [0.4, 0.5) is 10.1 Å². The fourth-order valence-electron chi connectivity index (χ4n) is 1.41. The highest BCUT2D eigenvalue weighted by molar-refractivity contribution is 7.99. The molecule has 0 spiro atoms. The number of halogens is 1. The third-order valence-electron chi connectivity index (χ3n) is 2.38. The summed E-state index contributed by atoms with van der Waals surface area (Å²) in [4.78, 5) is 15.7. The van der Waals surface area contributed by atoms with Gasteiger partial charge < -0.3 is 10.5 Å². The number of anilines is 1. The van der Waals surface area contributed by atoms with Gasteiger partial charge in [0.2, 0.25) is 0 Å². The van der Waals surface area contributed by atoms with Crippen LogP contribution in [-0.4, -0.2) is 27.8 Å². The van der Waals surface area contributed by atoms with Gasteiger partial charge in [0.15, 0.2) is 5.16 Å². The van der Waals surface area contributed by atoms with Crippen molar-refractivity contribution in [2.45, 2.75) is 10.1 Å². The number of hydrogen-bond donors (Lipinski definition) is 1. The topological polar surface area (TPSA) is 83.0 Å². The summed E-state index contributed by atoms with van der Waals surface area (Å²) in [5.74, 6) is -1.14. The summed E-state index contributed by atoms with van der Waals surface area (Å²) < 4.78 is 19.9. The van der Waals surface area contributed by atoms with E-state index in [1.54, 1.807) is 7.05 Å². The number of benzene rings is 1. The minimum absolute atomic E-state index is 0.0339. The predicted octanol–water partition coefficient (Wildman–Crippen LogP) is 1.47. The highest BCUT2D eigenvalue weighted by Gasteiger charge is 2.16. The van der Waals surface area contributed by atoms with Crippen LogP contribution in [0.3, 0.4) is 0 Å². The average Bonchev–Trinajstić information content (AvgIpc) is 2.77. The Hall–Kier alpha value is -2.09. The molecule has 2 N–H and O–H groups in total. The van der Waals surface area contributed by atoms with Crippen molar-refractivity contribution in [2.24, 2.45) is 7.05 Å². The quantitative estimate of drug-likeness (QED) is 0.678. The predicted molar refractivity (Wildman–Crippen MR) is 67.3 cm³/mol. The van der Waals surface area contributed by atoms with Gasteiger partial charge >= 0.3 is 5.97 Å². The first-order chi connectivity index (χ1) is 9.02. The molecule has 0 aliphatic carbocycles. The third kappa shape index (κ3) is 2.68. The van der Waals surface area contributed by atoms with Gasteiger partial charge in [0.25, 0.3) is 0 Å². The maximum atomic E-state index is 13.8.